The second-order valence-electron chi connectivity index (χ2n) is 31.4. The van der Waals surface area contributed by atoms with Crippen molar-refractivity contribution >= 4 is 142 Å². The van der Waals surface area contributed by atoms with Crippen molar-refractivity contribution in [2.75, 3.05) is 44.2 Å². The van der Waals surface area contributed by atoms with Crippen molar-refractivity contribution in [2.24, 2.45) is 0 Å². The Labute approximate surface area is 826 Å². The normalized spacial score (nSPS) is 14.8. The van der Waals surface area contributed by atoms with Crippen LogP contribution in [0.5, 0.6) is 17.2 Å². The van der Waals surface area contributed by atoms with Crippen molar-refractivity contribution in [1.29, 1.82) is 0 Å². The fraction of sp³-hybridized carbons (Fsp3) is 0.245. The van der Waals surface area contributed by atoms with Gasteiger partial charge in [-0.25, -0.2) is 75.7 Å². The van der Waals surface area contributed by atoms with Gasteiger partial charge < -0.3 is 61.6 Å². The average Bonchev–Trinajstić information content (AvgIpc) is 0.808. The van der Waals surface area contributed by atoms with E-state index in [0.717, 1.165) is 81.2 Å². The van der Waals surface area contributed by atoms with Crippen LogP contribution in [0.2, 0.25) is 0 Å². The molecule has 0 aromatic heterocycles. The number of methoxy groups -OCH3 is 1. The van der Waals surface area contributed by atoms with Crippen LogP contribution in [0.3, 0.4) is 0 Å². The number of fused-ring (bicyclic) bond motifs is 1. The molecule has 144 heavy (non-hydrogen) atoms. The second kappa shape index (κ2) is 48.5. The van der Waals surface area contributed by atoms with E-state index < -0.39 is 212 Å². The molecule has 3 unspecified atom stereocenters. The highest BCUT2D eigenvalue weighted by molar-refractivity contribution is 7.98. The van der Waals surface area contributed by atoms with Gasteiger partial charge in [-0.15, -0.1) is 0 Å². The number of esters is 10. The first-order valence-corrected chi connectivity index (χ1v) is 53.3. The molecule has 2 saturated heterocycles. The SMILES string of the molecule is COC(=O)c1ccccc1OC(=O)c1ccc(C(=O)OC(C)C(F)(F)S(=O)(=O)[O-])cc1.O=C(CS(=O)(=O)c1ccc([S+](c2ccccc2)c2ccccc2)cc1)Oc1ccc(O)cc1.O=C(CS(=O)(=O)c1ccc([S+](c2ccccc2)c2ccccc2)cc1S(=O)(=O)CC(=O)OC1CCOC1=O)OC1CCOC1=O.O=C(OCCCC(F)(F)C(F)(F)S(=O)(=O)[O-])c1cc2ccccc2cc1C(=O)OC1CCCCC1. The lowest BCUT2D eigenvalue weighted by molar-refractivity contribution is -0.165. The number of sulfone groups is 3. The van der Waals surface area contributed by atoms with E-state index in [2.05, 4.69) is 33.7 Å². The van der Waals surface area contributed by atoms with Gasteiger partial charge in [-0.2, -0.15) is 26.3 Å². The van der Waals surface area contributed by atoms with Crippen molar-refractivity contribution in [3.63, 3.8) is 0 Å². The Balaban J connectivity index is 0.000000185. The summed E-state index contributed by atoms with van der Waals surface area (Å²) in [5.41, 5.74) is -0.631. The third-order valence-corrected chi connectivity index (χ3v) is 32.5. The molecular formula is C98H86F6O33S7. The Morgan fingerprint density at radius 1 is 0.431 bits per heavy atom. The maximum atomic E-state index is 13.8. The molecule has 33 nitrogen and oxygen atoms in total. The summed E-state index contributed by atoms with van der Waals surface area (Å²) < 4.78 is 273. The van der Waals surface area contributed by atoms with E-state index in [9.17, 15) is 131 Å². The molecule has 11 aromatic rings. The summed E-state index contributed by atoms with van der Waals surface area (Å²) in [7, 11) is -26.1. The van der Waals surface area contributed by atoms with E-state index in [1.165, 1.54) is 84.9 Å². The first-order chi connectivity index (χ1) is 68.1. The minimum absolute atomic E-state index is 0.00166. The van der Waals surface area contributed by atoms with Gasteiger partial charge in [0.2, 0.25) is 12.2 Å². The summed E-state index contributed by atoms with van der Waals surface area (Å²) in [6.07, 6.45) is -3.64. The van der Waals surface area contributed by atoms with Crippen LogP contribution in [0.1, 0.15) is 117 Å². The van der Waals surface area contributed by atoms with E-state index in [0.29, 0.717) is 35.4 Å². The fourth-order valence-electron chi connectivity index (χ4n) is 14.0. The predicted octanol–water partition coefficient (Wildman–Crippen LogP) is 14.3. The molecule has 3 atom stereocenters. The summed E-state index contributed by atoms with van der Waals surface area (Å²) in [4.78, 5) is 126. The van der Waals surface area contributed by atoms with E-state index in [1.54, 1.807) is 36.4 Å². The number of cyclic esters (lactones) is 2. The predicted molar refractivity (Wildman–Crippen MR) is 498 cm³/mol. The largest absolute Gasteiger partial charge is 0.743 e. The number of halogens is 6. The zero-order valence-corrected chi connectivity index (χ0v) is 81.2. The lowest BCUT2D eigenvalue weighted by Crippen LogP contribution is -2.46. The van der Waals surface area contributed by atoms with Crippen LogP contribution in [0.25, 0.3) is 10.8 Å². The average molecular weight is 2130 g/mol. The number of para-hydroxylation sites is 1. The van der Waals surface area contributed by atoms with E-state index in [4.69, 9.17) is 37.9 Å². The Bertz CT molecular complexity index is 7040. The zero-order chi connectivity index (χ0) is 105. The molecule has 0 radical (unpaired) electrons. The quantitative estimate of drug-likeness (QED) is 0.00744. The van der Waals surface area contributed by atoms with Crippen LogP contribution in [-0.4, -0.2) is 201 Å². The summed E-state index contributed by atoms with van der Waals surface area (Å²) in [6, 6.07) is 73.9. The Morgan fingerprint density at radius 3 is 1.33 bits per heavy atom. The number of phenols is 1. The fourth-order valence-corrected chi connectivity index (χ4v) is 23.4. The van der Waals surface area contributed by atoms with Crippen LogP contribution in [0.4, 0.5) is 26.3 Å². The Hall–Kier alpha value is -13.9. The van der Waals surface area contributed by atoms with Crippen molar-refractivity contribution in [1.82, 2.24) is 0 Å². The lowest BCUT2D eigenvalue weighted by atomic mass is 9.97. The van der Waals surface area contributed by atoms with Crippen LogP contribution < -0.4 is 9.47 Å². The Morgan fingerprint density at radius 2 is 0.861 bits per heavy atom. The van der Waals surface area contributed by atoms with Crippen LogP contribution in [0.15, 0.2) is 317 Å². The number of rotatable bonds is 34. The molecule has 1 saturated carbocycles. The highest BCUT2D eigenvalue weighted by Crippen LogP contribution is 2.43. The van der Waals surface area contributed by atoms with E-state index >= 15 is 0 Å². The highest BCUT2D eigenvalue weighted by Gasteiger charge is 2.61. The van der Waals surface area contributed by atoms with Crippen molar-refractivity contribution in [3.8, 4) is 17.2 Å². The molecule has 0 bridgehead atoms. The number of ether oxygens (including phenoxy) is 10. The lowest BCUT2D eigenvalue weighted by Gasteiger charge is -2.28. The molecule has 2 heterocycles. The molecular weight excluding hydrogens is 2040 g/mol. The topological polar surface area (TPSA) is 500 Å². The van der Waals surface area contributed by atoms with Crippen LogP contribution in [-0.2, 0) is 133 Å². The first kappa shape index (κ1) is 111. The molecule has 0 amide bonds. The third-order valence-electron chi connectivity index (χ3n) is 21.2. The van der Waals surface area contributed by atoms with Gasteiger partial charge >= 0.3 is 76.1 Å². The first-order valence-electron chi connectivity index (χ1n) is 43.1. The molecule has 1 N–H and O–H groups in total. The number of aromatic hydroxyl groups is 1. The van der Waals surface area contributed by atoms with Crippen LogP contribution in [0, 0.1) is 0 Å². The van der Waals surface area contributed by atoms with Crippen LogP contribution >= 0.6 is 0 Å². The molecule has 14 rings (SSSR count). The molecule has 0 spiro atoms. The summed E-state index contributed by atoms with van der Waals surface area (Å²) in [6.45, 7) is -0.220. The van der Waals surface area contributed by atoms with Gasteiger partial charge in [0.05, 0.1) is 85.7 Å². The van der Waals surface area contributed by atoms with Crippen molar-refractivity contribution in [2.45, 2.75) is 150 Å². The summed E-state index contributed by atoms with van der Waals surface area (Å²) >= 11 is 0. The van der Waals surface area contributed by atoms with Crippen molar-refractivity contribution in [3.05, 3.63) is 301 Å². The maximum absolute atomic E-state index is 13.8. The van der Waals surface area contributed by atoms with Gasteiger partial charge in [0.15, 0.2) is 102 Å². The highest BCUT2D eigenvalue weighted by atomic mass is 32.2. The minimum Gasteiger partial charge on any atom is -0.743 e. The Kier molecular flexibility index (Phi) is 37.2. The van der Waals surface area contributed by atoms with Gasteiger partial charge in [0.25, 0.3) is 0 Å². The standard InChI is InChI=1S/C30H27O12S3.C26H20O5S2.C23H24F4O7S.C19H16F2O9S/c31-27(41-23-13-15-39-29(23)33)18-44(35,36)25-12-11-22(43(20-7-3-1-4-8-20)21-9-5-2-6-10-21)17-26(25)45(37,38)19-28(32)42-24-14-16-40-30(24)34;27-20-11-13-21(14-12-20)31-26(28)19-33(29,30)25-17-15-24(16-18-25)32(22-7-3-1-4-8-22)23-9-5-2-6-10-23;24-22(25,23(26,27)35(30,31)32)11-6-12-33-20(28)18-13-15-7-4-5-8-16(15)14-19(18)21(29)34-17-9-2-1-3-10-17;1-11(19(20,21)31(25,26)27)29-16(22)12-7-9-13(10-8-12)17(23)30-15-6-4-3-5-14(15)18(24)28-2/h1-12,17,23-24H,13-16,18-19H2;1-18H,19H2;4-5,7-8,13-14,17H,1-3,6,9-12H2,(H,30,31,32);3-11H,1-2H3,(H,25,26,27)/q+1;;;/p-1. The summed E-state index contributed by atoms with van der Waals surface area (Å²) in [5.74, 6) is -18.2. The second-order valence-corrected chi connectivity index (χ2v) is 44.2. The maximum Gasteiger partial charge on any atom is 0.396 e. The van der Waals surface area contributed by atoms with Gasteiger partial charge in [-0.05, 0) is 208 Å². The van der Waals surface area contributed by atoms with E-state index in [-0.39, 0.29) is 82.1 Å². The van der Waals surface area contributed by atoms with E-state index in [1.807, 2.05) is 97.1 Å². The summed E-state index contributed by atoms with van der Waals surface area (Å²) in [5, 5.41) is -0.107. The number of carbonyl (C=O) groups is 10. The molecule has 1 aliphatic carbocycles. The molecule has 2 aliphatic heterocycles. The van der Waals surface area contributed by atoms with Gasteiger partial charge in [-0.1, -0.05) is 116 Å². The number of carbonyl (C=O) groups excluding carboxylic acids is 10. The molecule has 3 aliphatic rings. The number of alkyl halides is 6. The molecule has 46 heteroatoms. The number of phenolic OH excluding ortho intramolecular Hbond substituents is 1. The molecule has 3 fully saturated rings. The molecule has 760 valence electrons. The third kappa shape index (κ3) is 29.0. The van der Waals surface area contributed by atoms with Gasteiger partial charge in [0.1, 0.15) is 28.9 Å². The smallest absolute Gasteiger partial charge is 0.396 e. The van der Waals surface area contributed by atoms with Crippen molar-refractivity contribution < 1.29 is 178 Å². The monoisotopic (exact) mass is 2130 g/mol. The zero-order valence-electron chi connectivity index (χ0n) is 75.5. The molecule has 11 aromatic carbocycles. The van der Waals surface area contributed by atoms with Gasteiger partial charge in [-0.3, -0.25) is 14.4 Å². The number of hydrogen-bond acceptors (Lipinski definition) is 33. The number of benzene rings is 11. The van der Waals surface area contributed by atoms with Gasteiger partial charge in [0, 0.05) is 25.3 Å². The minimum atomic E-state index is -6.60. The number of hydrogen-bond donors (Lipinski definition) is 1.